The molecule has 0 bridgehead atoms. The van der Waals surface area contributed by atoms with Gasteiger partial charge in [0.25, 0.3) is 0 Å². The van der Waals surface area contributed by atoms with Gasteiger partial charge in [-0.15, -0.1) is 12.4 Å². The van der Waals surface area contributed by atoms with Crippen LogP contribution in [0.2, 0.25) is 0 Å². The van der Waals surface area contributed by atoms with Gasteiger partial charge in [-0.1, -0.05) is 0 Å². The number of hydrogen-bond donors (Lipinski definition) is 2. The summed E-state index contributed by atoms with van der Waals surface area (Å²) in [7, 11) is 1.30. The van der Waals surface area contributed by atoms with Crippen molar-refractivity contribution in [1.29, 1.82) is 0 Å². The summed E-state index contributed by atoms with van der Waals surface area (Å²) in [6.45, 7) is 0.0634. The molecule has 0 radical (unpaired) electrons. The number of thioether (sulfide) groups is 1. The lowest BCUT2D eigenvalue weighted by atomic mass is 10.2. The number of nitrogens with two attached hydrogens (primary N) is 1. The summed E-state index contributed by atoms with van der Waals surface area (Å²) in [4.78, 5) is 23.2. The Morgan fingerprint density at radius 3 is 2.75 bits per heavy atom. The number of carbonyl (C=O) groups excluding carboxylic acids is 2. The van der Waals surface area contributed by atoms with E-state index in [2.05, 4.69) is 5.43 Å². The molecule has 0 saturated heterocycles. The molecule has 0 saturated carbocycles. The van der Waals surface area contributed by atoms with Gasteiger partial charge in [0.1, 0.15) is 12.6 Å². The first kappa shape index (κ1) is 20.2. The second-order valence-corrected chi connectivity index (χ2v) is 5.65. The van der Waals surface area contributed by atoms with Crippen LogP contribution in [0.4, 0.5) is 5.69 Å². The maximum atomic E-state index is 11.7. The summed E-state index contributed by atoms with van der Waals surface area (Å²) in [5.41, 5.74) is 9.00. The lowest BCUT2D eigenvalue weighted by molar-refractivity contribution is -0.139. The first-order chi connectivity index (χ1) is 11.0. The summed E-state index contributed by atoms with van der Waals surface area (Å²) in [6, 6.07) is 4.58. The SMILES string of the molecule is COC(=O)CN(N[C@@H](CSC)C(N)=O)c1ccc2c(c1)OCO2.Cl. The summed E-state index contributed by atoms with van der Waals surface area (Å²) in [5.74, 6) is 0.705. The van der Waals surface area contributed by atoms with E-state index < -0.39 is 17.9 Å². The molecular weight excluding hydrogens is 358 g/mol. The topological polar surface area (TPSA) is 103 Å². The maximum Gasteiger partial charge on any atom is 0.326 e. The number of esters is 1. The Kier molecular flexibility index (Phi) is 7.96. The standard InChI is InChI=1S/C14H19N3O5S.ClH/c1-20-13(18)6-17(16-10(7-23-2)14(15)19)9-3-4-11-12(5-9)22-8-21-11;/h3-5,10,16H,6-8H2,1-2H3,(H2,15,19);1H/t10-;/m0./s1. The summed E-state index contributed by atoms with van der Waals surface area (Å²) in [6.07, 6.45) is 1.86. The molecule has 0 aromatic heterocycles. The van der Waals surface area contributed by atoms with E-state index in [-0.39, 0.29) is 25.7 Å². The largest absolute Gasteiger partial charge is 0.468 e. The predicted molar refractivity (Wildman–Crippen MR) is 93.7 cm³/mol. The van der Waals surface area contributed by atoms with Crippen molar-refractivity contribution in [1.82, 2.24) is 5.43 Å². The molecule has 1 aromatic rings. The minimum Gasteiger partial charge on any atom is -0.468 e. The van der Waals surface area contributed by atoms with Gasteiger partial charge in [-0.2, -0.15) is 11.8 Å². The molecule has 0 fully saturated rings. The smallest absolute Gasteiger partial charge is 0.326 e. The number of rotatable bonds is 8. The number of carbonyl (C=O) groups is 2. The Hall–Kier alpha value is -1.84. The first-order valence-corrected chi connectivity index (χ1v) is 8.23. The lowest BCUT2D eigenvalue weighted by Crippen LogP contribution is -2.53. The van der Waals surface area contributed by atoms with Crippen molar-refractivity contribution in [3.05, 3.63) is 18.2 Å². The molecule has 1 heterocycles. The number of hydrazine groups is 1. The molecule has 10 heteroatoms. The molecule has 1 aliphatic rings. The highest BCUT2D eigenvalue weighted by molar-refractivity contribution is 7.98. The number of fused-ring (bicyclic) bond motifs is 1. The second-order valence-electron chi connectivity index (χ2n) is 4.74. The van der Waals surface area contributed by atoms with Gasteiger partial charge >= 0.3 is 5.97 Å². The Balaban J connectivity index is 0.00000288. The van der Waals surface area contributed by atoms with Gasteiger partial charge in [0, 0.05) is 11.8 Å². The minimum atomic E-state index is -0.625. The Labute approximate surface area is 150 Å². The van der Waals surface area contributed by atoms with Gasteiger partial charge in [0.15, 0.2) is 11.5 Å². The zero-order valence-electron chi connectivity index (χ0n) is 13.3. The van der Waals surface area contributed by atoms with Crippen molar-refractivity contribution < 1.29 is 23.8 Å². The quantitative estimate of drug-likeness (QED) is 0.499. The third-order valence-electron chi connectivity index (χ3n) is 3.17. The van der Waals surface area contributed by atoms with Crippen LogP contribution in [0.3, 0.4) is 0 Å². The highest BCUT2D eigenvalue weighted by Crippen LogP contribution is 2.35. The number of primary amides is 1. The number of nitrogens with zero attached hydrogens (tertiary/aromatic N) is 1. The fourth-order valence-corrected chi connectivity index (χ4v) is 2.57. The Bertz CT molecular complexity index is 590. The maximum absolute atomic E-state index is 11.7. The molecule has 0 unspecified atom stereocenters. The molecular formula is C14H20ClN3O5S. The van der Waals surface area contributed by atoms with Gasteiger partial charge in [0.05, 0.1) is 12.8 Å². The highest BCUT2D eigenvalue weighted by Gasteiger charge is 2.22. The number of amides is 1. The van der Waals surface area contributed by atoms with E-state index >= 15 is 0 Å². The van der Waals surface area contributed by atoms with E-state index in [1.54, 1.807) is 18.2 Å². The van der Waals surface area contributed by atoms with E-state index in [9.17, 15) is 9.59 Å². The van der Waals surface area contributed by atoms with E-state index in [4.69, 9.17) is 19.9 Å². The third-order valence-corrected chi connectivity index (χ3v) is 3.84. The van der Waals surface area contributed by atoms with Gasteiger partial charge in [-0.05, 0) is 18.4 Å². The van der Waals surface area contributed by atoms with E-state index in [1.165, 1.54) is 23.9 Å². The normalized spacial score (nSPS) is 12.9. The van der Waals surface area contributed by atoms with Crippen molar-refractivity contribution in [2.75, 3.05) is 37.5 Å². The molecule has 24 heavy (non-hydrogen) atoms. The Morgan fingerprint density at radius 1 is 1.42 bits per heavy atom. The van der Waals surface area contributed by atoms with Crippen molar-refractivity contribution in [3.63, 3.8) is 0 Å². The number of methoxy groups -OCH3 is 1. The monoisotopic (exact) mass is 377 g/mol. The molecule has 0 aliphatic carbocycles. The van der Waals surface area contributed by atoms with Crippen LogP contribution < -0.4 is 25.6 Å². The van der Waals surface area contributed by atoms with Gasteiger partial charge < -0.3 is 19.9 Å². The van der Waals surface area contributed by atoms with Gasteiger partial charge in [-0.25, -0.2) is 5.43 Å². The van der Waals surface area contributed by atoms with Crippen LogP contribution in [-0.4, -0.2) is 50.4 Å². The Morgan fingerprint density at radius 2 is 2.12 bits per heavy atom. The third kappa shape index (κ3) is 5.08. The number of nitrogens with one attached hydrogen (secondary N) is 1. The molecule has 3 N–H and O–H groups in total. The zero-order chi connectivity index (χ0) is 16.8. The number of anilines is 1. The van der Waals surface area contributed by atoms with Crippen molar-refractivity contribution in [2.45, 2.75) is 6.04 Å². The van der Waals surface area contributed by atoms with Crippen LogP contribution in [0.1, 0.15) is 0 Å². The zero-order valence-corrected chi connectivity index (χ0v) is 14.9. The van der Waals surface area contributed by atoms with E-state index in [0.29, 0.717) is 22.9 Å². The fraction of sp³-hybridized carbons (Fsp3) is 0.429. The molecule has 1 amide bonds. The van der Waals surface area contributed by atoms with E-state index in [1.807, 2.05) is 6.26 Å². The average molecular weight is 378 g/mol. The molecule has 1 atom stereocenters. The molecule has 134 valence electrons. The summed E-state index contributed by atoms with van der Waals surface area (Å²) in [5, 5.41) is 1.51. The number of halogens is 1. The number of hydrogen-bond acceptors (Lipinski definition) is 8. The van der Waals surface area contributed by atoms with Crippen molar-refractivity contribution in [2.24, 2.45) is 5.73 Å². The first-order valence-electron chi connectivity index (χ1n) is 6.83. The van der Waals surface area contributed by atoms with Crippen LogP contribution in [0.15, 0.2) is 18.2 Å². The van der Waals surface area contributed by atoms with Crippen LogP contribution >= 0.6 is 24.2 Å². The van der Waals surface area contributed by atoms with Crippen molar-refractivity contribution >= 4 is 41.7 Å². The van der Waals surface area contributed by atoms with Crippen LogP contribution in [-0.2, 0) is 14.3 Å². The molecule has 8 nitrogen and oxygen atoms in total. The highest BCUT2D eigenvalue weighted by atomic mass is 35.5. The molecule has 0 spiro atoms. The lowest BCUT2D eigenvalue weighted by Gasteiger charge is -2.28. The minimum absolute atomic E-state index is 0. The van der Waals surface area contributed by atoms with Crippen LogP contribution in [0, 0.1) is 0 Å². The number of benzene rings is 1. The molecule has 1 aromatic carbocycles. The predicted octanol–water partition coefficient (Wildman–Crippen LogP) is 0.538. The number of ether oxygens (including phenoxy) is 3. The fourth-order valence-electron chi connectivity index (χ4n) is 2.00. The van der Waals surface area contributed by atoms with Crippen LogP contribution in [0.25, 0.3) is 0 Å². The van der Waals surface area contributed by atoms with Crippen LogP contribution in [0.5, 0.6) is 11.5 Å². The molecule has 2 rings (SSSR count). The van der Waals surface area contributed by atoms with Gasteiger partial charge in [0.2, 0.25) is 12.7 Å². The van der Waals surface area contributed by atoms with Crippen molar-refractivity contribution in [3.8, 4) is 11.5 Å². The molecule has 1 aliphatic heterocycles. The summed E-state index contributed by atoms with van der Waals surface area (Å²) < 4.78 is 15.3. The van der Waals surface area contributed by atoms with Gasteiger partial charge in [-0.3, -0.25) is 14.6 Å². The average Bonchev–Trinajstić information content (AvgIpc) is 3.00. The second kappa shape index (κ2) is 9.45. The van der Waals surface area contributed by atoms with E-state index in [0.717, 1.165) is 0 Å². The summed E-state index contributed by atoms with van der Waals surface area (Å²) >= 11 is 1.47.